The second kappa shape index (κ2) is 11.9. The summed E-state index contributed by atoms with van der Waals surface area (Å²) in [6.07, 6.45) is 4.34. The summed E-state index contributed by atoms with van der Waals surface area (Å²) >= 11 is 0. The van der Waals surface area contributed by atoms with Gasteiger partial charge in [-0.3, -0.25) is 9.13 Å². The van der Waals surface area contributed by atoms with E-state index in [1.165, 1.54) is 10.8 Å². The van der Waals surface area contributed by atoms with E-state index in [1.807, 2.05) is 0 Å². The Morgan fingerprint density at radius 3 is 1.41 bits per heavy atom. The number of nitrogens with zero attached hydrogens (tertiary/aromatic N) is 6. The molecule has 0 amide bonds. The highest BCUT2D eigenvalue weighted by atomic mass is 15.2. The molecule has 5 aromatic heterocycles. The van der Waals surface area contributed by atoms with Gasteiger partial charge in [0.15, 0.2) is 0 Å². The maximum absolute atomic E-state index is 5.63. The topological polar surface area (TPSA) is 45.5 Å². The molecule has 7 aromatic carbocycles. The van der Waals surface area contributed by atoms with Crippen molar-refractivity contribution in [3.8, 4) is 34.4 Å². The van der Waals surface area contributed by atoms with Gasteiger partial charge in [0.25, 0.3) is 0 Å². The zero-order chi connectivity index (χ0) is 36.7. The van der Waals surface area contributed by atoms with Gasteiger partial charge in [-0.2, -0.15) is 4.98 Å². The van der Waals surface area contributed by atoms with E-state index in [2.05, 4.69) is 213 Å². The molecule has 12 aromatic rings. The van der Waals surface area contributed by atoms with Crippen molar-refractivity contribution in [3.05, 3.63) is 194 Å². The van der Waals surface area contributed by atoms with Crippen LogP contribution < -0.4 is 0 Å². The first-order chi connectivity index (χ1) is 27.8. The fourth-order valence-electron chi connectivity index (χ4n) is 8.79. The van der Waals surface area contributed by atoms with E-state index in [9.17, 15) is 0 Å². The van der Waals surface area contributed by atoms with E-state index in [0.29, 0.717) is 5.95 Å². The van der Waals surface area contributed by atoms with Crippen molar-refractivity contribution in [3.63, 3.8) is 0 Å². The van der Waals surface area contributed by atoms with Gasteiger partial charge in [-0.05, 0) is 48.5 Å². The third kappa shape index (κ3) is 4.44. The number of para-hydroxylation sites is 4. The van der Waals surface area contributed by atoms with E-state index >= 15 is 0 Å². The molecule has 6 nitrogen and oxygen atoms in total. The van der Waals surface area contributed by atoms with Gasteiger partial charge in [0.05, 0.1) is 38.8 Å². The zero-order valence-corrected chi connectivity index (χ0v) is 30.2. The molecule has 0 saturated carbocycles. The minimum atomic E-state index is 0.609. The van der Waals surface area contributed by atoms with Crippen LogP contribution in [0.3, 0.4) is 0 Å². The molecule has 6 heteroatoms. The fraction of sp³-hybridized carbons (Fsp3) is 0. The van der Waals surface area contributed by atoms with E-state index in [-0.39, 0.29) is 0 Å². The van der Waals surface area contributed by atoms with Crippen molar-refractivity contribution in [2.24, 2.45) is 0 Å². The molecule has 0 unspecified atom stereocenters. The van der Waals surface area contributed by atoms with Gasteiger partial charge in [0.1, 0.15) is 5.82 Å². The molecular formula is C50H32N6. The Balaban J connectivity index is 1.24. The average molecular weight is 717 g/mol. The summed E-state index contributed by atoms with van der Waals surface area (Å²) in [5.41, 5.74) is 10.6. The minimum absolute atomic E-state index is 0.609. The van der Waals surface area contributed by atoms with Crippen LogP contribution in [0.15, 0.2) is 194 Å². The van der Waals surface area contributed by atoms with E-state index in [4.69, 9.17) is 9.97 Å². The van der Waals surface area contributed by atoms with Crippen LogP contribution in [0.4, 0.5) is 0 Å². The molecule has 12 rings (SSSR count). The third-order valence-electron chi connectivity index (χ3n) is 11.2. The van der Waals surface area contributed by atoms with Gasteiger partial charge in [-0.15, -0.1) is 0 Å². The van der Waals surface area contributed by atoms with Crippen molar-refractivity contribution in [1.82, 2.24) is 28.2 Å². The number of aromatic nitrogens is 6. The van der Waals surface area contributed by atoms with E-state index in [1.54, 1.807) is 0 Å². The molecule has 0 N–H and O–H groups in total. The van der Waals surface area contributed by atoms with Gasteiger partial charge >= 0.3 is 0 Å². The van der Waals surface area contributed by atoms with E-state index in [0.717, 1.165) is 83.1 Å². The Hall–Kier alpha value is -7.70. The molecule has 0 spiro atoms. The van der Waals surface area contributed by atoms with Crippen LogP contribution in [-0.2, 0) is 0 Å². The number of fused-ring (bicyclic) bond motifs is 10. The first-order valence-corrected chi connectivity index (χ1v) is 18.9. The summed E-state index contributed by atoms with van der Waals surface area (Å²) in [5, 5.41) is 6.96. The Morgan fingerprint density at radius 1 is 0.357 bits per heavy atom. The second-order valence-electron chi connectivity index (χ2n) is 14.3. The lowest BCUT2D eigenvalue weighted by molar-refractivity contribution is 0.951. The van der Waals surface area contributed by atoms with Gasteiger partial charge in [-0.1, -0.05) is 127 Å². The maximum Gasteiger partial charge on any atom is 0.237 e. The average Bonchev–Trinajstić information content (AvgIpc) is 4.05. The molecule has 0 aliphatic rings. The highest BCUT2D eigenvalue weighted by Crippen LogP contribution is 2.40. The second-order valence-corrected chi connectivity index (χ2v) is 14.3. The largest absolute Gasteiger partial charge is 0.315 e. The smallest absolute Gasteiger partial charge is 0.237 e. The maximum atomic E-state index is 5.63. The third-order valence-corrected chi connectivity index (χ3v) is 11.2. The Labute approximate surface area is 321 Å². The summed E-state index contributed by atoms with van der Waals surface area (Å²) in [6, 6.07) is 64.4. The summed E-state index contributed by atoms with van der Waals surface area (Å²) < 4.78 is 9.21. The Morgan fingerprint density at radius 2 is 0.839 bits per heavy atom. The van der Waals surface area contributed by atoms with Gasteiger partial charge < -0.3 is 9.13 Å². The van der Waals surface area contributed by atoms with Crippen molar-refractivity contribution < 1.29 is 0 Å². The summed E-state index contributed by atoms with van der Waals surface area (Å²) in [5.74, 6) is 1.40. The molecule has 0 radical (unpaired) electrons. The number of hydrogen-bond donors (Lipinski definition) is 0. The monoisotopic (exact) mass is 716 g/mol. The molecule has 0 fully saturated rings. The molecular weight excluding hydrogens is 685 g/mol. The lowest BCUT2D eigenvalue weighted by Gasteiger charge is -2.15. The molecule has 5 heterocycles. The summed E-state index contributed by atoms with van der Waals surface area (Å²) in [7, 11) is 0. The van der Waals surface area contributed by atoms with Crippen LogP contribution in [0.2, 0.25) is 0 Å². The van der Waals surface area contributed by atoms with Crippen molar-refractivity contribution >= 4 is 65.4 Å². The lowest BCUT2D eigenvalue weighted by atomic mass is 10.1. The van der Waals surface area contributed by atoms with Crippen LogP contribution in [0.25, 0.3) is 99.8 Å². The van der Waals surface area contributed by atoms with Gasteiger partial charge in [0.2, 0.25) is 5.95 Å². The minimum Gasteiger partial charge on any atom is -0.315 e. The molecule has 0 bridgehead atoms. The lowest BCUT2D eigenvalue weighted by Crippen LogP contribution is -2.08. The first-order valence-electron chi connectivity index (χ1n) is 18.9. The van der Waals surface area contributed by atoms with Gasteiger partial charge in [-0.25, -0.2) is 4.98 Å². The summed E-state index contributed by atoms with van der Waals surface area (Å²) in [6.45, 7) is 0. The van der Waals surface area contributed by atoms with Crippen LogP contribution in [0, 0.1) is 0 Å². The predicted octanol–water partition coefficient (Wildman–Crippen LogP) is 12.2. The van der Waals surface area contributed by atoms with Crippen molar-refractivity contribution in [2.75, 3.05) is 0 Å². The normalized spacial score (nSPS) is 11.9. The number of benzene rings is 7. The highest BCUT2D eigenvalue weighted by Gasteiger charge is 2.23. The molecule has 262 valence electrons. The molecule has 0 aliphatic carbocycles. The Kier molecular flexibility index (Phi) is 6.53. The zero-order valence-electron chi connectivity index (χ0n) is 30.2. The van der Waals surface area contributed by atoms with Crippen molar-refractivity contribution in [1.29, 1.82) is 0 Å². The SMILES string of the molecule is c1ccc(-c2cc(-n3c4ccccc4c4ccc5ccn(-c6ccccc6)c5c43)nc(-n3c4ccccc4c4ccc5ccn(-c6ccccc6)c5c43)n2)cc1. The summed E-state index contributed by atoms with van der Waals surface area (Å²) in [4.78, 5) is 11.1. The molecule has 0 saturated heterocycles. The van der Waals surface area contributed by atoms with Crippen LogP contribution in [-0.4, -0.2) is 28.2 Å². The number of hydrogen-bond acceptors (Lipinski definition) is 2. The standard InChI is InChI=1S/C50H32N6/c1-4-14-33(15-5-1)42-32-45(55-43-22-12-10-20-38(43)40-26-24-34-28-30-53(46(34)48(40)55)36-16-6-2-7-17-36)52-50(51-42)56-44-23-13-11-21-39(44)41-27-25-35-29-31-54(47(35)49(41)56)37-18-8-3-9-19-37/h1-32H. The quantitative estimate of drug-likeness (QED) is 0.178. The van der Waals surface area contributed by atoms with Crippen LogP contribution in [0.5, 0.6) is 0 Å². The van der Waals surface area contributed by atoms with Gasteiger partial charge in [0, 0.05) is 67.7 Å². The van der Waals surface area contributed by atoms with E-state index < -0.39 is 0 Å². The first kappa shape index (κ1) is 30.7. The molecule has 0 atom stereocenters. The predicted molar refractivity (Wildman–Crippen MR) is 230 cm³/mol. The Bertz CT molecular complexity index is 3250. The number of rotatable bonds is 5. The highest BCUT2D eigenvalue weighted by molar-refractivity contribution is 6.19. The van der Waals surface area contributed by atoms with Crippen LogP contribution in [0.1, 0.15) is 0 Å². The van der Waals surface area contributed by atoms with Crippen molar-refractivity contribution in [2.45, 2.75) is 0 Å². The van der Waals surface area contributed by atoms with Crippen LogP contribution >= 0.6 is 0 Å². The molecule has 0 aliphatic heterocycles. The molecule has 56 heavy (non-hydrogen) atoms. The fourth-order valence-corrected chi connectivity index (χ4v) is 8.79.